The number of hydrogen-bond acceptors (Lipinski definition) is 6. The van der Waals surface area contributed by atoms with Crippen molar-refractivity contribution >= 4 is 16.7 Å². The third-order valence-corrected chi connectivity index (χ3v) is 5.14. The van der Waals surface area contributed by atoms with Gasteiger partial charge in [-0.25, -0.2) is 4.79 Å². The normalized spacial score (nSPS) is 14.1. The first-order chi connectivity index (χ1) is 14.2. The largest absolute Gasteiger partial charge is 0.490 e. The molecule has 0 atom stereocenters. The summed E-state index contributed by atoms with van der Waals surface area (Å²) in [6.45, 7) is 5.36. The van der Waals surface area contributed by atoms with Crippen molar-refractivity contribution < 1.29 is 28.5 Å². The Morgan fingerprint density at radius 1 is 0.897 bits per heavy atom. The molecule has 5 rings (SSSR count). The van der Waals surface area contributed by atoms with E-state index in [0.29, 0.717) is 41.8 Å². The molecule has 3 aromatic carbocycles. The first-order valence-electron chi connectivity index (χ1n) is 9.66. The van der Waals surface area contributed by atoms with Crippen LogP contribution >= 0.6 is 0 Å². The lowest BCUT2D eigenvalue weighted by Gasteiger charge is -2.16. The maximum absolute atomic E-state index is 12.3. The van der Waals surface area contributed by atoms with Gasteiger partial charge in [0.2, 0.25) is 6.79 Å². The monoisotopic (exact) mass is 392 g/mol. The van der Waals surface area contributed by atoms with Gasteiger partial charge in [-0.05, 0) is 66.1 Å². The molecule has 0 amide bonds. The molecule has 2 aliphatic heterocycles. The van der Waals surface area contributed by atoms with E-state index in [1.54, 1.807) is 0 Å². The molecular weight excluding hydrogens is 372 g/mol. The molecule has 0 fully saturated rings. The van der Waals surface area contributed by atoms with Crippen LogP contribution in [0.15, 0.2) is 36.4 Å². The summed E-state index contributed by atoms with van der Waals surface area (Å²) in [7, 11) is 0. The van der Waals surface area contributed by atoms with Crippen LogP contribution in [0.25, 0.3) is 21.9 Å². The van der Waals surface area contributed by atoms with Gasteiger partial charge in [0, 0.05) is 5.56 Å². The molecule has 3 aromatic rings. The highest BCUT2D eigenvalue weighted by molar-refractivity contribution is 6.08. The molecule has 0 aliphatic carbocycles. The molecule has 0 radical (unpaired) electrons. The van der Waals surface area contributed by atoms with Crippen LogP contribution in [-0.2, 0) is 11.3 Å². The van der Waals surface area contributed by atoms with Crippen molar-refractivity contribution in [2.45, 2.75) is 20.5 Å². The van der Waals surface area contributed by atoms with Gasteiger partial charge in [0.05, 0.1) is 18.8 Å². The number of hydrogen-bond donors (Lipinski definition) is 0. The summed E-state index contributed by atoms with van der Waals surface area (Å²) >= 11 is 0. The molecular formula is C23H20O6. The van der Waals surface area contributed by atoms with Crippen LogP contribution in [0.3, 0.4) is 0 Å². The molecule has 148 valence electrons. The van der Waals surface area contributed by atoms with E-state index in [1.165, 1.54) is 0 Å². The van der Waals surface area contributed by atoms with Gasteiger partial charge in [0.1, 0.15) is 6.61 Å². The third kappa shape index (κ3) is 2.83. The van der Waals surface area contributed by atoms with E-state index in [2.05, 4.69) is 0 Å². The topological polar surface area (TPSA) is 63.2 Å². The van der Waals surface area contributed by atoms with E-state index >= 15 is 0 Å². The lowest BCUT2D eigenvalue weighted by atomic mass is 9.90. The van der Waals surface area contributed by atoms with Gasteiger partial charge in [-0.2, -0.15) is 0 Å². The highest BCUT2D eigenvalue weighted by atomic mass is 16.7. The summed E-state index contributed by atoms with van der Waals surface area (Å²) in [6.07, 6.45) is 0. The molecule has 0 spiro atoms. The molecule has 0 saturated carbocycles. The fourth-order valence-electron chi connectivity index (χ4n) is 3.92. The summed E-state index contributed by atoms with van der Waals surface area (Å²) in [6, 6.07) is 11.6. The smallest absolute Gasteiger partial charge is 0.338 e. The first-order valence-corrected chi connectivity index (χ1v) is 9.66. The molecule has 29 heavy (non-hydrogen) atoms. The average Bonchev–Trinajstić information content (AvgIpc) is 3.33. The zero-order chi connectivity index (χ0) is 20.0. The Labute approximate surface area is 167 Å². The molecule has 0 saturated heterocycles. The lowest BCUT2D eigenvalue weighted by Crippen LogP contribution is -2.00. The summed E-state index contributed by atoms with van der Waals surface area (Å²) in [5.41, 5.74) is 3.32. The fourth-order valence-corrected chi connectivity index (χ4v) is 3.92. The second-order valence-electron chi connectivity index (χ2n) is 6.81. The van der Waals surface area contributed by atoms with Crippen LogP contribution in [0.1, 0.15) is 29.8 Å². The Bertz CT molecular complexity index is 1130. The summed E-state index contributed by atoms with van der Waals surface area (Å²) < 4.78 is 28.0. The van der Waals surface area contributed by atoms with Gasteiger partial charge in [0.25, 0.3) is 0 Å². The van der Waals surface area contributed by atoms with E-state index < -0.39 is 0 Å². The van der Waals surface area contributed by atoms with Crippen molar-refractivity contribution in [1.29, 1.82) is 0 Å². The highest BCUT2D eigenvalue weighted by Crippen LogP contribution is 2.44. The van der Waals surface area contributed by atoms with Crippen molar-refractivity contribution in [3.63, 3.8) is 0 Å². The van der Waals surface area contributed by atoms with Gasteiger partial charge >= 0.3 is 5.97 Å². The van der Waals surface area contributed by atoms with Crippen LogP contribution in [0.2, 0.25) is 0 Å². The zero-order valence-electron chi connectivity index (χ0n) is 16.2. The minimum atomic E-state index is -0.310. The summed E-state index contributed by atoms with van der Waals surface area (Å²) in [5.74, 6) is 2.43. The van der Waals surface area contributed by atoms with Gasteiger partial charge in [-0.1, -0.05) is 6.07 Å². The van der Waals surface area contributed by atoms with Gasteiger partial charge in [-0.3, -0.25) is 0 Å². The first kappa shape index (κ1) is 17.7. The number of esters is 1. The Morgan fingerprint density at radius 3 is 2.45 bits per heavy atom. The molecule has 6 nitrogen and oxygen atoms in total. The average molecular weight is 392 g/mol. The van der Waals surface area contributed by atoms with Crippen LogP contribution in [0.5, 0.6) is 23.0 Å². The Hall–Kier alpha value is -3.41. The molecule has 0 N–H and O–H groups in total. The van der Waals surface area contributed by atoms with Crippen LogP contribution in [0.4, 0.5) is 0 Å². The molecule has 0 aromatic heterocycles. The number of carbonyl (C=O) groups excluding carboxylic acids is 1. The minimum absolute atomic E-state index is 0.209. The quantitative estimate of drug-likeness (QED) is 0.587. The van der Waals surface area contributed by atoms with Crippen molar-refractivity contribution in [3.05, 3.63) is 47.5 Å². The standard InChI is InChI=1S/C23H20O6/c1-3-25-20-9-14-7-16-17(11-27-23(16)24)22(15(14)10-21(20)26-4-2)13-5-6-18-19(8-13)29-12-28-18/h5-10H,3-4,11-12H2,1-2H3. The predicted octanol–water partition coefficient (Wildman–Crippen LogP) is 4.70. The van der Waals surface area contributed by atoms with E-state index in [1.807, 2.05) is 50.2 Å². The zero-order valence-corrected chi connectivity index (χ0v) is 16.2. The van der Waals surface area contributed by atoms with Crippen LogP contribution in [0, 0.1) is 0 Å². The van der Waals surface area contributed by atoms with E-state index in [-0.39, 0.29) is 19.4 Å². The Morgan fingerprint density at radius 2 is 1.66 bits per heavy atom. The summed E-state index contributed by atoms with van der Waals surface area (Å²) in [4.78, 5) is 12.3. The number of benzene rings is 3. The minimum Gasteiger partial charge on any atom is -0.490 e. The third-order valence-electron chi connectivity index (χ3n) is 5.14. The SMILES string of the molecule is CCOc1cc2cc3c(c(-c4ccc5c(c4)OCO5)c2cc1OCC)COC3=O. The van der Waals surface area contributed by atoms with Crippen molar-refractivity contribution in [1.82, 2.24) is 0 Å². The van der Waals surface area contributed by atoms with Gasteiger partial charge in [0.15, 0.2) is 23.0 Å². The van der Waals surface area contributed by atoms with E-state index in [9.17, 15) is 4.79 Å². The molecule has 0 bridgehead atoms. The number of ether oxygens (including phenoxy) is 5. The van der Waals surface area contributed by atoms with Crippen molar-refractivity contribution in [2.75, 3.05) is 20.0 Å². The summed E-state index contributed by atoms with van der Waals surface area (Å²) in [5, 5.41) is 1.86. The predicted molar refractivity (Wildman–Crippen MR) is 107 cm³/mol. The van der Waals surface area contributed by atoms with Crippen molar-refractivity contribution in [3.8, 4) is 34.1 Å². The second-order valence-corrected chi connectivity index (χ2v) is 6.81. The number of rotatable bonds is 5. The van der Waals surface area contributed by atoms with Gasteiger partial charge < -0.3 is 23.7 Å². The number of cyclic esters (lactones) is 1. The van der Waals surface area contributed by atoms with Crippen LogP contribution < -0.4 is 18.9 Å². The maximum Gasteiger partial charge on any atom is 0.338 e. The van der Waals surface area contributed by atoms with Gasteiger partial charge in [-0.15, -0.1) is 0 Å². The highest BCUT2D eigenvalue weighted by Gasteiger charge is 2.28. The van der Waals surface area contributed by atoms with Crippen molar-refractivity contribution in [2.24, 2.45) is 0 Å². The molecule has 2 aliphatic rings. The van der Waals surface area contributed by atoms with E-state index in [0.717, 1.165) is 27.5 Å². The number of carbonyl (C=O) groups is 1. The molecule has 0 unspecified atom stereocenters. The maximum atomic E-state index is 12.3. The lowest BCUT2D eigenvalue weighted by molar-refractivity contribution is 0.0535. The Balaban J connectivity index is 1.80. The molecule has 6 heteroatoms. The van der Waals surface area contributed by atoms with E-state index in [4.69, 9.17) is 23.7 Å². The Kier molecular flexibility index (Phi) is 4.19. The van der Waals surface area contributed by atoms with Crippen LogP contribution in [-0.4, -0.2) is 26.0 Å². The second kappa shape index (κ2) is 6.88. The molecule has 2 heterocycles. The number of fused-ring (bicyclic) bond motifs is 3. The fraction of sp³-hybridized carbons (Fsp3) is 0.261.